The summed E-state index contributed by atoms with van der Waals surface area (Å²) in [6.45, 7) is 0.582. The quantitative estimate of drug-likeness (QED) is 0.823. The summed E-state index contributed by atoms with van der Waals surface area (Å²) in [4.78, 5) is 29.4. The predicted octanol–water partition coefficient (Wildman–Crippen LogP) is 0.378. The Morgan fingerprint density at radius 1 is 1.39 bits per heavy atom. The first kappa shape index (κ1) is 14.0. The average Bonchev–Trinajstić information content (AvgIpc) is 2.70. The predicted molar refractivity (Wildman–Crippen MR) is 65.0 cm³/mol. The van der Waals surface area contributed by atoms with E-state index in [1.807, 2.05) is 17.8 Å². The first-order valence-electron chi connectivity index (χ1n) is 5.56. The molecular formula is C11H18N4O3. The second-order valence-corrected chi connectivity index (χ2v) is 4.16. The van der Waals surface area contributed by atoms with E-state index in [1.165, 1.54) is 9.80 Å². The summed E-state index contributed by atoms with van der Waals surface area (Å²) >= 11 is 0. The smallest absolute Gasteiger partial charge is 0.319 e. The minimum atomic E-state index is -0.915. The zero-order valence-corrected chi connectivity index (χ0v) is 10.8. The summed E-state index contributed by atoms with van der Waals surface area (Å²) in [7, 11) is 5.10. The number of carboxylic acids is 1. The van der Waals surface area contributed by atoms with Crippen molar-refractivity contribution in [1.82, 2.24) is 19.4 Å². The van der Waals surface area contributed by atoms with Gasteiger partial charge in [0.25, 0.3) is 0 Å². The molecule has 0 atom stereocenters. The number of carbonyl (C=O) groups excluding carboxylic acids is 1. The number of imidazole rings is 1. The van der Waals surface area contributed by atoms with Crippen molar-refractivity contribution in [2.24, 2.45) is 7.05 Å². The van der Waals surface area contributed by atoms with E-state index in [9.17, 15) is 9.59 Å². The normalized spacial score (nSPS) is 10.2. The number of aromatic nitrogens is 2. The molecule has 100 valence electrons. The molecule has 1 aromatic heterocycles. The van der Waals surface area contributed by atoms with Crippen LogP contribution in [0.3, 0.4) is 0 Å². The number of carboxylic acid groups (broad SMARTS) is 1. The van der Waals surface area contributed by atoms with Gasteiger partial charge in [-0.3, -0.25) is 4.79 Å². The lowest BCUT2D eigenvalue weighted by Crippen LogP contribution is -2.39. The highest BCUT2D eigenvalue weighted by atomic mass is 16.4. The van der Waals surface area contributed by atoms with Crippen LogP contribution in [0.4, 0.5) is 4.79 Å². The molecule has 0 aliphatic rings. The summed E-state index contributed by atoms with van der Waals surface area (Å²) in [5.41, 5.74) is 0. The molecule has 0 bridgehead atoms. The molecule has 0 spiro atoms. The molecule has 1 N–H and O–H groups in total. The highest BCUT2D eigenvalue weighted by Crippen LogP contribution is 2.03. The molecule has 7 nitrogen and oxygen atoms in total. The van der Waals surface area contributed by atoms with Gasteiger partial charge in [0.2, 0.25) is 0 Å². The number of amides is 2. The first-order chi connectivity index (χ1) is 8.41. The van der Waals surface area contributed by atoms with E-state index in [0.717, 1.165) is 5.82 Å². The molecule has 0 unspecified atom stereocenters. The van der Waals surface area contributed by atoms with Crippen molar-refractivity contribution in [3.63, 3.8) is 0 Å². The second-order valence-electron chi connectivity index (χ2n) is 4.16. The zero-order valence-electron chi connectivity index (χ0n) is 10.8. The first-order valence-corrected chi connectivity index (χ1v) is 5.56. The van der Waals surface area contributed by atoms with Crippen LogP contribution in [0.25, 0.3) is 0 Å². The number of carbonyl (C=O) groups is 2. The van der Waals surface area contributed by atoms with Crippen LogP contribution in [-0.4, -0.2) is 57.1 Å². The van der Waals surface area contributed by atoms with Crippen molar-refractivity contribution in [1.29, 1.82) is 0 Å². The number of urea groups is 1. The van der Waals surface area contributed by atoms with Crippen LogP contribution in [0.5, 0.6) is 0 Å². The van der Waals surface area contributed by atoms with Crippen molar-refractivity contribution in [3.8, 4) is 0 Å². The van der Waals surface area contributed by atoms with Crippen molar-refractivity contribution in [2.75, 3.05) is 20.6 Å². The minimum absolute atomic E-state index is 0.0571. The average molecular weight is 254 g/mol. The third-order valence-electron chi connectivity index (χ3n) is 2.61. The lowest BCUT2D eigenvalue weighted by molar-refractivity contribution is -0.137. The molecule has 2 amide bonds. The van der Waals surface area contributed by atoms with Gasteiger partial charge in [0.1, 0.15) is 5.82 Å². The molecule has 1 aromatic rings. The van der Waals surface area contributed by atoms with E-state index < -0.39 is 5.97 Å². The van der Waals surface area contributed by atoms with Gasteiger partial charge < -0.3 is 19.5 Å². The monoisotopic (exact) mass is 254 g/mol. The van der Waals surface area contributed by atoms with E-state index in [4.69, 9.17) is 5.11 Å². The Hall–Kier alpha value is -2.05. The Labute approximate surface area is 106 Å². The second kappa shape index (κ2) is 6.04. The highest BCUT2D eigenvalue weighted by molar-refractivity contribution is 5.74. The van der Waals surface area contributed by atoms with Gasteiger partial charge in [0.15, 0.2) is 0 Å². The number of rotatable bonds is 5. The Morgan fingerprint density at radius 3 is 2.56 bits per heavy atom. The Balaban J connectivity index is 2.50. The zero-order chi connectivity index (χ0) is 13.7. The lowest BCUT2D eigenvalue weighted by Gasteiger charge is -2.24. The molecule has 18 heavy (non-hydrogen) atoms. The van der Waals surface area contributed by atoms with E-state index in [2.05, 4.69) is 4.98 Å². The van der Waals surface area contributed by atoms with Crippen LogP contribution in [-0.2, 0) is 18.4 Å². The van der Waals surface area contributed by atoms with Crippen LogP contribution in [0.15, 0.2) is 12.4 Å². The standard InChI is InChI=1S/C11H18N4O3/c1-13-7-5-12-9(13)8-15(3)11(18)14(2)6-4-10(16)17/h5,7H,4,6,8H2,1-3H3,(H,16,17). The van der Waals surface area contributed by atoms with E-state index >= 15 is 0 Å². The van der Waals surface area contributed by atoms with Crippen molar-refractivity contribution in [2.45, 2.75) is 13.0 Å². The molecule has 1 rings (SSSR count). The molecule has 7 heteroatoms. The fraction of sp³-hybridized carbons (Fsp3) is 0.545. The molecule has 0 saturated heterocycles. The number of hydrogen-bond acceptors (Lipinski definition) is 3. The molecule has 0 radical (unpaired) electrons. The molecule has 0 aliphatic heterocycles. The van der Waals surface area contributed by atoms with E-state index in [0.29, 0.717) is 6.54 Å². The fourth-order valence-electron chi connectivity index (χ4n) is 1.48. The summed E-state index contributed by atoms with van der Waals surface area (Å²) in [6, 6.07) is -0.223. The summed E-state index contributed by atoms with van der Waals surface area (Å²) in [5, 5.41) is 8.56. The van der Waals surface area contributed by atoms with Gasteiger partial charge in [-0.15, -0.1) is 0 Å². The topological polar surface area (TPSA) is 78.7 Å². The Kier molecular flexibility index (Phi) is 4.70. The van der Waals surface area contributed by atoms with Gasteiger partial charge in [-0.05, 0) is 0 Å². The van der Waals surface area contributed by atoms with Gasteiger partial charge in [0, 0.05) is 40.1 Å². The van der Waals surface area contributed by atoms with E-state index in [1.54, 1.807) is 20.3 Å². The van der Waals surface area contributed by atoms with Crippen molar-refractivity contribution >= 4 is 12.0 Å². The number of hydrogen-bond donors (Lipinski definition) is 1. The van der Waals surface area contributed by atoms with Crippen LogP contribution in [0.2, 0.25) is 0 Å². The Bertz CT molecular complexity index is 430. The van der Waals surface area contributed by atoms with Crippen LogP contribution in [0.1, 0.15) is 12.2 Å². The molecule has 0 aliphatic carbocycles. The van der Waals surface area contributed by atoms with Crippen LogP contribution in [0, 0.1) is 0 Å². The number of aryl methyl sites for hydroxylation is 1. The summed E-state index contributed by atoms with van der Waals surface area (Å²) in [5.74, 6) is -0.140. The van der Waals surface area contributed by atoms with Gasteiger partial charge in [-0.25, -0.2) is 9.78 Å². The highest BCUT2D eigenvalue weighted by Gasteiger charge is 2.16. The summed E-state index contributed by atoms with van der Waals surface area (Å²) < 4.78 is 1.83. The number of nitrogens with zero attached hydrogens (tertiary/aromatic N) is 4. The molecule has 0 fully saturated rings. The van der Waals surface area contributed by atoms with Gasteiger partial charge in [0.05, 0.1) is 13.0 Å². The fourth-order valence-corrected chi connectivity index (χ4v) is 1.48. The van der Waals surface area contributed by atoms with Crippen molar-refractivity contribution < 1.29 is 14.7 Å². The maximum atomic E-state index is 11.9. The maximum absolute atomic E-state index is 11.9. The molecular weight excluding hydrogens is 236 g/mol. The molecule has 1 heterocycles. The molecule has 0 saturated carbocycles. The van der Waals surface area contributed by atoms with E-state index in [-0.39, 0.29) is 19.0 Å². The minimum Gasteiger partial charge on any atom is -0.481 e. The largest absolute Gasteiger partial charge is 0.481 e. The Morgan fingerprint density at radius 2 is 2.06 bits per heavy atom. The van der Waals surface area contributed by atoms with Crippen molar-refractivity contribution in [3.05, 3.63) is 18.2 Å². The van der Waals surface area contributed by atoms with Gasteiger partial charge >= 0.3 is 12.0 Å². The summed E-state index contributed by atoms with van der Waals surface area (Å²) in [6.07, 6.45) is 3.42. The third-order valence-corrected chi connectivity index (χ3v) is 2.61. The van der Waals surface area contributed by atoms with Crippen LogP contribution >= 0.6 is 0 Å². The SMILES string of the molecule is CN(CCC(=O)O)C(=O)N(C)Cc1nccn1C. The maximum Gasteiger partial charge on any atom is 0.319 e. The van der Waals surface area contributed by atoms with Crippen LogP contribution < -0.4 is 0 Å². The number of aliphatic carboxylic acids is 1. The third kappa shape index (κ3) is 3.76. The van der Waals surface area contributed by atoms with Gasteiger partial charge in [-0.1, -0.05) is 0 Å². The molecule has 0 aromatic carbocycles. The lowest BCUT2D eigenvalue weighted by atomic mass is 10.4. The van der Waals surface area contributed by atoms with Gasteiger partial charge in [-0.2, -0.15) is 0 Å².